The van der Waals surface area contributed by atoms with Crippen molar-refractivity contribution in [3.05, 3.63) is 0 Å². The van der Waals surface area contributed by atoms with Gasteiger partial charge in [-0.2, -0.15) is 0 Å². The molecule has 0 rings (SSSR count). The van der Waals surface area contributed by atoms with Crippen molar-refractivity contribution in [1.29, 1.82) is 0 Å². The van der Waals surface area contributed by atoms with Crippen LogP contribution in [-0.4, -0.2) is 22.8 Å². The highest BCUT2D eigenvalue weighted by Gasteiger charge is 2.51. The number of hydrogen-bond donors (Lipinski definition) is 0. The molecule has 1 atom stereocenters. The molecule has 2 nitrogen and oxygen atoms in total. The molecule has 0 heterocycles. The molecule has 158 valence electrons. The Morgan fingerprint density at radius 1 is 0.808 bits per heavy atom. The molecule has 26 heavy (non-hydrogen) atoms. The molecular weight excluding hydrogens is 336 g/mol. The van der Waals surface area contributed by atoms with Gasteiger partial charge in [-0.25, -0.2) is 0 Å². The summed E-state index contributed by atoms with van der Waals surface area (Å²) in [7, 11) is 1.57. The minimum Gasteiger partial charge on any atom is -0.397 e. The minimum atomic E-state index is -2.21. The molecule has 0 aromatic heterocycles. The van der Waals surface area contributed by atoms with Crippen LogP contribution in [0.15, 0.2) is 0 Å². The third-order valence-electron chi connectivity index (χ3n) is 6.56. The number of unbranched alkanes of at least 4 members (excludes halogenated alkanes) is 6. The van der Waals surface area contributed by atoms with Crippen molar-refractivity contribution in [2.24, 2.45) is 11.8 Å². The van der Waals surface area contributed by atoms with Crippen molar-refractivity contribution >= 4 is 8.56 Å². The molecular formula is C23H50O2Si. The van der Waals surface area contributed by atoms with Gasteiger partial charge in [0.15, 0.2) is 0 Å². The molecule has 0 radical (unpaired) electrons. The Balaban J connectivity index is 4.54. The summed E-state index contributed by atoms with van der Waals surface area (Å²) < 4.78 is 12.4. The van der Waals surface area contributed by atoms with E-state index < -0.39 is 8.56 Å². The molecule has 3 heteroatoms. The second kappa shape index (κ2) is 14.2. The summed E-state index contributed by atoms with van der Waals surface area (Å²) in [5, 5.41) is 0.152. The van der Waals surface area contributed by atoms with E-state index in [0.29, 0.717) is 0 Å². The first-order valence-corrected chi connectivity index (χ1v) is 13.4. The molecule has 0 saturated heterocycles. The smallest absolute Gasteiger partial charge is 0.343 e. The molecule has 0 aromatic carbocycles. The third-order valence-corrected chi connectivity index (χ3v) is 11.3. The van der Waals surface area contributed by atoms with Crippen LogP contribution < -0.4 is 0 Å². The van der Waals surface area contributed by atoms with Gasteiger partial charge in [-0.3, -0.25) is 0 Å². The maximum atomic E-state index is 6.18. The summed E-state index contributed by atoms with van der Waals surface area (Å²) >= 11 is 0. The summed E-state index contributed by atoms with van der Waals surface area (Å²) in [4.78, 5) is 0. The van der Waals surface area contributed by atoms with Gasteiger partial charge in [0.25, 0.3) is 0 Å². The highest BCUT2D eigenvalue weighted by molar-refractivity contribution is 6.70. The lowest BCUT2D eigenvalue weighted by molar-refractivity contribution is 0.189. The summed E-state index contributed by atoms with van der Waals surface area (Å²) in [5.74, 6) is 1.47. The topological polar surface area (TPSA) is 18.5 Å². The molecule has 1 unspecified atom stereocenters. The van der Waals surface area contributed by atoms with Crippen LogP contribution in [0.5, 0.6) is 0 Å². The molecule has 0 aliphatic rings. The van der Waals surface area contributed by atoms with Crippen LogP contribution in [0, 0.1) is 11.8 Å². The molecule has 0 bridgehead atoms. The van der Waals surface area contributed by atoms with E-state index >= 15 is 0 Å². The van der Waals surface area contributed by atoms with Gasteiger partial charge in [0.1, 0.15) is 0 Å². The maximum absolute atomic E-state index is 6.18. The van der Waals surface area contributed by atoms with Crippen LogP contribution in [-0.2, 0) is 8.85 Å². The highest BCUT2D eigenvalue weighted by atomic mass is 28.4. The van der Waals surface area contributed by atoms with Crippen LogP contribution in [0.4, 0.5) is 0 Å². The van der Waals surface area contributed by atoms with E-state index in [1.54, 1.807) is 0 Å². The van der Waals surface area contributed by atoms with E-state index in [4.69, 9.17) is 8.85 Å². The molecule has 0 saturated carbocycles. The Morgan fingerprint density at radius 3 is 1.77 bits per heavy atom. The van der Waals surface area contributed by atoms with E-state index in [0.717, 1.165) is 17.9 Å². The Bertz CT molecular complexity index is 322. The van der Waals surface area contributed by atoms with Gasteiger partial charge >= 0.3 is 8.56 Å². The molecule has 0 amide bonds. The quantitative estimate of drug-likeness (QED) is 0.186. The van der Waals surface area contributed by atoms with Gasteiger partial charge in [-0.05, 0) is 24.3 Å². The van der Waals surface area contributed by atoms with Crippen LogP contribution >= 0.6 is 0 Å². The maximum Gasteiger partial charge on any atom is 0.343 e. The molecule has 0 aliphatic heterocycles. The van der Waals surface area contributed by atoms with E-state index in [1.165, 1.54) is 70.6 Å². The normalized spacial score (nSPS) is 14.2. The van der Waals surface area contributed by atoms with Crippen molar-refractivity contribution < 1.29 is 8.85 Å². The fourth-order valence-electron chi connectivity index (χ4n) is 4.61. The van der Waals surface area contributed by atoms with Gasteiger partial charge in [0, 0.05) is 19.3 Å². The van der Waals surface area contributed by atoms with E-state index in [9.17, 15) is 0 Å². The lowest BCUT2D eigenvalue weighted by atomic mass is 9.92. The molecule has 0 fully saturated rings. The third kappa shape index (κ3) is 8.88. The van der Waals surface area contributed by atoms with Gasteiger partial charge < -0.3 is 8.85 Å². The van der Waals surface area contributed by atoms with Crippen molar-refractivity contribution in [2.75, 3.05) is 14.2 Å². The zero-order chi connectivity index (χ0) is 20.1. The second-order valence-corrected chi connectivity index (χ2v) is 13.2. The second-order valence-electron chi connectivity index (χ2n) is 9.15. The molecule has 0 spiro atoms. The number of rotatable bonds is 17. The minimum absolute atomic E-state index is 0.152. The summed E-state index contributed by atoms with van der Waals surface area (Å²) in [6, 6.07) is 1.13. The Morgan fingerprint density at radius 2 is 1.31 bits per heavy atom. The van der Waals surface area contributed by atoms with Gasteiger partial charge in [0.2, 0.25) is 0 Å². The lowest BCUT2D eigenvalue weighted by Crippen LogP contribution is -2.51. The monoisotopic (exact) mass is 386 g/mol. The lowest BCUT2D eigenvalue weighted by Gasteiger charge is -2.44. The van der Waals surface area contributed by atoms with E-state index in [1.807, 2.05) is 14.2 Å². The van der Waals surface area contributed by atoms with Crippen LogP contribution in [0.25, 0.3) is 0 Å². The van der Waals surface area contributed by atoms with Crippen molar-refractivity contribution in [1.82, 2.24) is 0 Å². The van der Waals surface area contributed by atoms with Crippen LogP contribution in [0.1, 0.15) is 112 Å². The average molecular weight is 387 g/mol. The zero-order valence-electron chi connectivity index (χ0n) is 19.5. The molecule has 0 N–H and O–H groups in total. The first kappa shape index (κ1) is 26.1. The molecule has 0 aliphatic carbocycles. The van der Waals surface area contributed by atoms with E-state index in [-0.39, 0.29) is 5.04 Å². The first-order valence-electron chi connectivity index (χ1n) is 11.4. The Kier molecular flexibility index (Phi) is 14.3. The Hall–Kier alpha value is 0.137. The van der Waals surface area contributed by atoms with Crippen molar-refractivity contribution in [2.45, 2.75) is 123 Å². The molecule has 0 aromatic rings. The predicted octanol–water partition coefficient (Wildman–Crippen LogP) is 8.10. The van der Waals surface area contributed by atoms with Gasteiger partial charge in [-0.1, -0.05) is 106 Å². The standard InChI is InChI=1S/C23H50O2Si/c1-9-12-13-14-15-16-17-18-21(4)19-23(5,6)26(24-7,25-8)20-22(10-2)11-3/h21-22H,9-20H2,1-8H3. The fraction of sp³-hybridized carbons (Fsp3) is 1.00. The van der Waals surface area contributed by atoms with Gasteiger partial charge in [0.05, 0.1) is 0 Å². The SMILES string of the molecule is CCCCCCCCCC(C)CC(C)(C)[Si](CC(CC)CC)(OC)OC. The Labute approximate surface area is 167 Å². The van der Waals surface area contributed by atoms with Crippen LogP contribution in [0.2, 0.25) is 11.1 Å². The summed E-state index contributed by atoms with van der Waals surface area (Å²) in [6.07, 6.45) is 14.8. The van der Waals surface area contributed by atoms with E-state index in [2.05, 4.69) is 41.5 Å². The largest absolute Gasteiger partial charge is 0.397 e. The highest BCUT2D eigenvalue weighted by Crippen LogP contribution is 2.48. The zero-order valence-corrected chi connectivity index (χ0v) is 20.5. The van der Waals surface area contributed by atoms with Crippen LogP contribution in [0.3, 0.4) is 0 Å². The van der Waals surface area contributed by atoms with Gasteiger partial charge in [-0.15, -0.1) is 0 Å². The predicted molar refractivity (Wildman–Crippen MR) is 119 cm³/mol. The van der Waals surface area contributed by atoms with Crippen molar-refractivity contribution in [3.8, 4) is 0 Å². The average Bonchev–Trinajstić information content (AvgIpc) is 2.62. The summed E-state index contributed by atoms with van der Waals surface area (Å²) in [5.41, 5.74) is 0. The number of hydrogen-bond acceptors (Lipinski definition) is 2. The first-order chi connectivity index (χ1) is 12.3. The summed E-state index contributed by atoms with van der Waals surface area (Å²) in [6.45, 7) is 14.1. The van der Waals surface area contributed by atoms with Crippen molar-refractivity contribution in [3.63, 3.8) is 0 Å². The fourth-order valence-corrected chi connectivity index (χ4v) is 8.77.